The zero-order valence-electron chi connectivity index (χ0n) is 14.7. The number of methoxy groups -OCH3 is 1. The molecule has 2 N–H and O–H groups in total. The molecule has 0 aliphatic carbocycles. The lowest BCUT2D eigenvalue weighted by atomic mass is 9.96. The summed E-state index contributed by atoms with van der Waals surface area (Å²) in [5.41, 5.74) is 6.71. The molecule has 1 unspecified atom stereocenters. The highest BCUT2D eigenvalue weighted by Crippen LogP contribution is 2.31. The Kier molecular flexibility index (Phi) is 6.04. The number of nitrogens with zero attached hydrogens (tertiary/aromatic N) is 2. The third-order valence-electron chi connectivity index (χ3n) is 4.98. The molecule has 2 aliphatic rings. The van der Waals surface area contributed by atoms with E-state index in [1.807, 2.05) is 4.90 Å². The van der Waals surface area contributed by atoms with Crippen LogP contribution in [0.1, 0.15) is 23.2 Å². The lowest BCUT2D eigenvalue weighted by Crippen LogP contribution is -2.46. The van der Waals surface area contributed by atoms with E-state index in [0.29, 0.717) is 27.9 Å². The maximum absolute atomic E-state index is 13.0. The van der Waals surface area contributed by atoms with Crippen molar-refractivity contribution < 1.29 is 14.3 Å². The molecule has 7 heteroatoms. The second-order valence-corrected chi connectivity index (χ2v) is 7.15. The maximum atomic E-state index is 13.0. The number of hydrogen-bond acceptors (Lipinski definition) is 5. The second-order valence-electron chi connectivity index (χ2n) is 6.75. The van der Waals surface area contributed by atoms with Crippen molar-refractivity contribution in [3.63, 3.8) is 0 Å². The van der Waals surface area contributed by atoms with Crippen molar-refractivity contribution in [3.05, 3.63) is 22.7 Å². The summed E-state index contributed by atoms with van der Waals surface area (Å²) in [7, 11) is 1.54. The summed E-state index contributed by atoms with van der Waals surface area (Å²) >= 11 is 6.11. The molecule has 1 atom stereocenters. The quantitative estimate of drug-likeness (QED) is 0.825. The third-order valence-corrected chi connectivity index (χ3v) is 5.30. The molecular formula is C18H26ClN3O3. The number of benzene rings is 1. The molecule has 0 spiro atoms. The summed E-state index contributed by atoms with van der Waals surface area (Å²) in [5, 5.41) is 0.381. The van der Waals surface area contributed by atoms with Gasteiger partial charge in [0, 0.05) is 38.8 Å². The number of rotatable bonds is 4. The molecule has 0 aromatic heterocycles. The van der Waals surface area contributed by atoms with E-state index in [2.05, 4.69) is 4.90 Å². The van der Waals surface area contributed by atoms with Gasteiger partial charge in [-0.2, -0.15) is 0 Å². The number of anilines is 1. The van der Waals surface area contributed by atoms with Crippen LogP contribution in [-0.4, -0.2) is 68.8 Å². The third kappa shape index (κ3) is 4.37. The Morgan fingerprint density at radius 3 is 2.84 bits per heavy atom. The van der Waals surface area contributed by atoms with Gasteiger partial charge in [0.15, 0.2) is 0 Å². The van der Waals surface area contributed by atoms with Gasteiger partial charge in [-0.25, -0.2) is 0 Å². The summed E-state index contributed by atoms with van der Waals surface area (Å²) < 4.78 is 10.7. The van der Waals surface area contributed by atoms with Gasteiger partial charge in [-0.15, -0.1) is 0 Å². The average Bonchev–Trinajstić information content (AvgIpc) is 2.64. The summed E-state index contributed by atoms with van der Waals surface area (Å²) in [5.74, 6) is 0.929. The molecule has 2 saturated heterocycles. The minimum atomic E-state index is -0.0366. The minimum Gasteiger partial charge on any atom is -0.496 e. The molecule has 1 aromatic carbocycles. The van der Waals surface area contributed by atoms with Gasteiger partial charge in [0.25, 0.3) is 5.91 Å². The number of halogens is 1. The minimum absolute atomic E-state index is 0.0366. The molecule has 0 radical (unpaired) electrons. The lowest BCUT2D eigenvalue weighted by Gasteiger charge is -2.37. The molecule has 0 bridgehead atoms. The van der Waals surface area contributed by atoms with Crippen LogP contribution in [0.15, 0.2) is 12.1 Å². The van der Waals surface area contributed by atoms with Gasteiger partial charge < -0.3 is 20.1 Å². The summed E-state index contributed by atoms with van der Waals surface area (Å²) in [6.45, 7) is 6.11. The van der Waals surface area contributed by atoms with Crippen molar-refractivity contribution in [3.8, 4) is 5.75 Å². The predicted molar refractivity (Wildman–Crippen MR) is 98.3 cm³/mol. The fourth-order valence-electron chi connectivity index (χ4n) is 3.62. The zero-order valence-corrected chi connectivity index (χ0v) is 15.4. The number of amides is 1. The normalized spacial score (nSPS) is 22.0. The Hall–Kier alpha value is -1.50. The number of likely N-dealkylation sites (tertiary alicyclic amines) is 1. The summed E-state index contributed by atoms with van der Waals surface area (Å²) in [6, 6.07) is 3.23. The van der Waals surface area contributed by atoms with Gasteiger partial charge in [0.05, 0.1) is 36.6 Å². The van der Waals surface area contributed by atoms with Crippen LogP contribution < -0.4 is 10.5 Å². The summed E-state index contributed by atoms with van der Waals surface area (Å²) in [6.07, 6.45) is 2.17. The van der Waals surface area contributed by atoms with Gasteiger partial charge >= 0.3 is 0 Å². The number of hydrogen-bond donors (Lipinski definition) is 1. The van der Waals surface area contributed by atoms with Crippen LogP contribution in [0.4, 0.5) is 5.69 Å². The fourth-order valence-corrected chi connectivity index (χ4v) is 3.79. The van der Waals surface area contributed by atoms with Crippen LogP contribution in [0.25, 0.3) is 0 Å². The SMILES string of the molecule is COc1cc(N)c(Cl)cc1C(=O)N1CCCC(CN2CCOCC2)C1. The number of piperidine rings is 1. The molecule has 1 amide bonds. The van der Waals surface area contributed by atoms with Crippen LogP contribution in [-0.2, 0) is 4.74 Å². The highest BCUT2D eigenvalue weighted by molar-refractivity contribution is 6.33. The highest BCUT2D eigenvalue weighted by Gasteiger charge is 2.28. The average molecular weight is 368 g/mol. The first-order valence-corrected chi connectivity index (χ1v) is 9.18. The number of nitrogens with two attached hydrogens (primary N) is 1. The number of morpholine rings is 1. The number of nitrogen functional groups attached to an aromatic ring is 1. The smallest absolute Gasteiger partial charge is 0.257 e. The molecule has 2 heterocycles. The van der Waals surface area contributed by atoms with Crippen molar-refractivity contribution in [2.75, 3.05) is 58.8 Å². The van der Waals surface area contributed by atoms with Crippen molar-refractivity contribution in [1.29, 1.82) is 0 Å². The van der Waals surface area contributed by atoms with Gasteiger partial charge in [-0.05, 0) is 24.8 Å². The molecule has 3 rings (SSSR count). The van der Waals surface area contributed by atoms with E-state index < -0.39 is 0 Å². The van der Waals surface area contributed by atoms with Crippen LogP contribution in [0, 0.1) is 5.92 Å². The van der Waals surface area contributed by atoms with Crippen LogP contribution in [0.2, 0.25) is 5.02 Å². The van der Waals surface area contributed by atoms with Gasteiger partial charge in [-0.3, -0.25) is 9.69 Å². The van der Waals surface area contributed by atoms with Crippen molar-refractivity contribution >= 4 is 23.2 Å². The van der Waals surface area contributed by atoms with E-state index in [-0.39, 0.29) is 5.91 Å². The molecular weight excluding hydrogens is 342 g/mol. The Bertz CT molecular complexity index is 620. The molecule has 6 nitrogen and oxygen atoms in total. The summed E-state index contributed by atoms with van der Waals surface area (Å²) in [4.78, 5) is 17.3. The van der Waals surface area contributed by atoms with Gasteiger partial charge in [0.1, 0.15) is 5.75 Å². The lowest BCUT2D eigenvalue weighted by molar-refractivity contribution is 0.0223. The van der Waals surface area contributed by atoms with Crippen LogP contribution >= 0.6 is 11.6 Å². The fraction of sp³-hybridized carbons (Fsp3) is 0.611. The second kappa shape index (κ2) is 8.25. The first-order chi connectivity index (χ1) is 12.1. The highest BCUT2D eigenvalue weighted by atomic mass is 35.5. The van der Waals surface area contributed by atoms with Gasteiger partial charge in [0.2, 0.25) is 0 Å². The molecule has 138 valence electrons. The van der Waals surface area contributed by atoms with Crippen molar-refractivity contribution in [2.45, 2.75) is 12.8 Å². The van der Waals surface area contributed by atoms with Crippen LogP contribution in [0.3, 0.4) is 0 Å². The first kappa shape index (κ1) is 18.3. The van der Waals surface area contributed by atoms with E-state index >= 15 is 0 Å². The van der Waals surface area contributed by atoms with E-state index in [0.717, 1.165) is 58.8 Å². The standard InChI is InChI=1S/C18H26ClN3O3/c1-24-17-10-16(20)15(19)9-14(17)18(23)22-4-2-3-13(12-22)11-21-5-7-25-8-6-21/h9-10,13H,2-8,11-12,20H2,1H3. The number of carbonyl (C=O) groups excluding carboxylic acids is 1. The molecule has 1 aromatic rings. The first-order valence-electron chi connectivity index (χ1n) is 8.81. The Morgan fingerprint density at radius 1 is 1.36 bits per heavy atom. The monoisotopic (exact) mass is 367 g/mol. The maximum Gasteiger partial charge on any atom is 0.257 e. The molecule has 2 fully saturated rings. The molecule has 0 saturated carbocycles. The Labute approximate surface area is 153 Å². The van der Waals surface area contributed by atoms with E-state index in [1.54, 1.807) is 12.1 Å². The van der Waals surface area contributed by atoms with E-state index in [4.69, 9.17) is 26.8 Å². The Morgan fingerprint density at radius 2 is 2.12 bits per heavy atom. The number of ether oxygens (including phenoxy) is 2. The van der Waals surface area contributed by atoms with E-state index in [1.165, 1.54) is 7.11 Å². The largest absolute Gasteiger partial charge is 0.496 e. The van der Waals surface area contributed by atoms with E-state index in [9.17, 15) is 4.79 Å². The van der Waals surface area contributed by atoms with Crippen molar-refractivity contribution in [2.24, 2.45) is 5.92 Å². The zero-order chi connectivity index (χ0) is 17.8. The number of carbonyl (C=O) groups is 1. The van der Waals surface area contributed by atoms with Crippen molar-refractivity contribution in [1.82, 2.24) is 9.80 Å². The molecule has 2 aliphatic heterocycles. The predicted octanol–water partition coefficient (Wildman–Crippen LogP) is 2.12. The van der Waals surface area contributed by atoms with Gasteiger partial charge in [-0.1, -0.05) is 11.6 Å². The molecule has 25 heavy (non-hydrogen) atoms. The topological polar surface area (TPSA) is 68.0 Å². The van der Waals surface area contributed by atoms with Crippen LogP contribution in [0.5, 0.6) is 5.75 Å². The Balaban J connectivity index is 1.68.